The number of aryl methyl sites for hydroxylation is 1. The van der Waals surface area contributed by atoms with Crippen LogP contribution < -0.4 is 4.74 Å². The Kier molecular flexibility index (Phi) is 3.24. The number of Topliss-reactive ketones (excluding diaryl/α,β-unsaturated/α-hetero) is 1. The van der Waals surface area contributed by atoms with Gasteiger partial charge < -0.3 is 9.53 Å². The third-order valence-corrected chi connectivity index (χ3v) is 3.83. The van der Waals surface area contributed by atoms with Gasteiger partial charge in [0.2, 0.25) is 0 Å². The summed E-state index contributed by atoms with van der Waals surface area (Å²) in [5.74, 6) is 0.851. The molecule has 0 radical (unpaired) electrons. The van der Waals surface area contributed by atoms with E-state index in [1.807, 2.05) is 26.0 Å². The number of hydrogen-bond acceptors (Lipinski definition) is 3. The van der Waals surface area contributed by atoms with E-state index in [1.54, 1.807) is 7.11 Å². The molecule has 0 aliphatic heterocycles. The molecule has 0 spiro atoms. The van der Waals surface area contributed by atoms with Gasteiger partial charge in [-0.2, -0.15) is 0 Å². The van der Waals surface area contributed by atoms with E-state index in [2.05, 4.69) is 0 Å². The number of rotatable bonds is 3. The lowest BCUT2D eigenvalue weighted by Gasteiger charge is -2.32. The fraction of sp³-hybridized carbons (Fsp3) is 0.467. The smallest absolute Gasteiger partial charge is 0.169 e. The number of benzene rings is 1. The minimum atomic E-state index is -0.548. The zero-order valence-electron chi connectivity index (χ0n) is 11.1. The molecule has 0 aromatic heterocycles. The number of hydrogen-bond donors (Lipinski definition) is 0. The number of ether oxygens (including phenoxy) is 1. The first-order valence-electron chi connectivity index (χ1n) is 6.18. The molecule has 0 saturated heterocycles. The van der Waals surface area contributed by atoms with Crippen molar-refractivity contribution in [2.75, 3.05) is 7.11 Å². The van der Waals surface area contributed by atoms with Gasteiger partial charge in [0, 0.05) is 23.0 Å². The van der Waals surface area contributed by atoms with Gasteiger partial charge in [0.15, 0.2) is 5.78 Å². The number of fused-ring (bicyclic) bond motifs is 1. The average Bonchev–Trinajstić information content (AvgIpc) is 2.34. The molecule has 1 aromatic rings. The molecule has 0 bridgehead atoms. The molecule has 0 amide bonds. The van der Waals surface area contributed by atoms with Crippen LogP contribution in [-0.2, 0) is 11.2 Å². The van der Waals surface area contributed by atoms with Crippen molar-refractivity contribution in [3.63, 3.8) is 0 Å². The second-order valence-electron chi connectivity index (χ2n) is 5.25. The van der Waals surface area contributed by atoms with E-state index in [0.29, 0.717) is 12.8 Å². The maximum atomic E-state index is 12.5. The number of carbonyl (C=O) groups is 2. The molecular formula is C15H18O3. The van der Waals surface area contributed by atoms with Crippen LogP contribution in [0, 0.1) is 12.3 Å². The summed E-state index contributed by atoms with van der Waals surface area (Å²) >= 11 is 0. The molecule has 96 valence electrons. The van der Waals surface area contributed by atoms with Crippen molar-refractivity contribution in [3.05, 3.63) is 28.8 Å². The molecule has 0 fully saturated rings. The lowest BCUT2D eigenvalue weighted by molar-refractivity contribution is -0.109. The highest BCUT2D eigenvalue weighted by Gasteiger charge is 2.39. The van der Waals surface area contributed by atoms with Crippen molar-refractivity contribution in [2.45, 2.75) is 33.1 Å². The summed E-state index contributed by atoms with van der Waals surface area (Å²) in [5.41, 5.74) is 2.17. The Morgan fingerprint density at radius 2 is 2.17 bits per heavy atom. The van der Waals surface area contributed by atoms with Gasteiger partial charge in [-0.3, -0.25) is 4.79 Å². The van der Waals surface area contributed by atoms with Gasteiger partial charge >= 0.3 is 0 Å². The molecule has 1 aliphatic carbocycles. The highest BCUT2D eigenvalue weighted by Crippen LogP contribution is 2.40. The van der Waals surface area contributed by atoms with E-state index < -0.39 is 5.41 Å². The molecule has 1 unspecified atom stereocenters. The predicted molar refractivity (Wildman–Crippen MR) is 69.2 cm³/mol. The Labute approximate surface area is 107 Å². The first kappa shape index (κ1) is 12.8. The van der Waals surface area contributed by atoms with Crippen molar-refractivity contribution in [2.24, 2.45) is 5.41 Å². The lowest BCUT2D eigenvalue weighted by atomic mass is 9.70. The fourth-order valence-electron chi connectivity index (χ4n) is 2.64. The van der Waals surface area contributed by atoms with Crippen LogP contribution in [0.1, 0.15) is 41.3 Å². The lowest BCUT2D eigenvalue weighted by Crippen LogP contribution is -2.34. The molecular weight excluding hydrogens is 228 g/mol. The Balaban J connectivity index is 2.53. The monoisotopic (exact) mass is 246 g/mol. The van der Waals surface area contributed by atoms with Crippen LogP contribution in [0.2, 0.25) is 0 Å². The zero-order chi connectivity index (χ0) is 13.3. The van der Waals surface area contributed by atoms with Crippen LogP contribution in [-0.4, -0.2) is 19.2 Å². The molecule has 2 rings (SSSR count). The van der Waals surface area contributed by atoms with Crippen molar-refractivity contribution in [1.82, 2.24) is 0 Å². The van der Waals surface area contributed by atoms with Crippen LogP contribution >= 0.6 is 0 Å². The molecule has 1 aromatic carbocycles. The standard InChI is InChI=1S/C15H18O3/c1-10-8-12-11(13(9-10)18-3)4-5-15(2,6-7-16)14(12)17/h7-9H,4-6H2,1-3H3. The van der Waals surface area contributed by atoms with Gasteiger partial charge in [0.25, 0.3) is 0 Å². The quantitative estimate of drug-likeness (QED) is 0.770. The van der Waals surface area contributed by atoms with E-state index in [-0.39, 0.29) is 5.78 Å². The number of aldehydes is 1. The zero-order valence-corrected chi connectivity index (χ0v) is 11.1. The summed E-state index contributed by atoms with van der Waals surface area (Å²) in [5, 5.41) is 0. The van der Waals surface area contributed by atoms with E-state index in [4.69, 9.17) is 4.74 Å². The topological polar surface area (TPSA) is 43.4 Å². The SMILES string of the molecule is COc1cc(C)cc2c1CCC(C)(CC=O)C2=O. The summed E-state index contributed by atoms with van der Waals surface area (Å²) in [6.07, 6.45) is 2.63. The van der Waals surface area contributed by atoms with Gasteiger partial charge in [-0.05, 0) is 37.5 Å². The largest absolute Gasteiger partial charge is 0.496 e. The Bertz CT molecular complexity index is 505. The van der Waals surface area contributed by atoms with E-state index >= 15 is 0 Å². The van der Waals surface area contributed by atoms with Crippen LogP contribution in [0.5, 0.6) is 5.75 Å². The minimum Gasteiger partial charge on any atom is -0.496 e. The minimum absolute atomic E-state index is 0.0675. The highest BCUT2D eigenvalue weighted by molar-refractivity contribution is 6.04. The van der Waals surface area contributed by atoms with Gasteiger partial charge in [-0.1, -0.05) is 6.92 Å². The highest BCUT2D eigenvalue weighted by atomic mass is 16.5. The van der Waals surface area contributed by atoms with E-state index in [9.17, 15) is 9.59 Å². The third kappa shape index (κ3) is 1.94. The number of ketones is 1. The van der Waals surface area contributed by atoms with Crippen LogP contribution in [0.25, 0.3) is 0 Å². The third-order valence-electron chi connectivity index (χ3n) is 3.83. The molecule has 1 atom stereocenters. The maximum absolute atomic E-state index is 12.5. The Morgan fingerprint density at radius 1 is 1.44 bits per heavy atom. The van der Waals surface area contributed by atoms with E-state index in [1.165, 1.54) is 0 Å². The summed E-state index contributed by atoms with van der Waals surface area (Å²) in [7, 11) is 1.62. The van der Waals surface area contributed by atoms with E-state index in [0.717, 1.165) is 35.1 Å². The molecule has 1 aliphatic rings. The van der Waals surface area contributed by atoms with Crippen LogP contribution in [0.15, 0.2) is 12.1 Å². The molecule has 0 heterocycles. The molecule has 0 saturated carbocycles. The number of methoxy groups -OCH3 is 1. The molecule has 3 nitrogen and oxygen atoms in total. The van der Waals surface area contributed by atoms with Gasteiger partial charge in [-0.25, -0.2) is 0 Å². The van der Waals surface area contributed by atoms with Gasteiger partial charge in [0.05, 0.1) is 7.11 Å². The normalized spacial score (nSPS) is 22.5. The maximum Gasteiger partial charge on any atom is 0.169 e. The van der Waals surface area contributed by atoms with Crippen molar-refractivity contribution in [1.29, 1.82) is 0 Å². The average molecular weight is 246 g/mol. The predicted octanol–water partition coefficient (Wildman–Crippen LogP) is 2.73. The molecule has 0 N–H and O–H groups in total. The van der Waals surface area contributed by atoms with Gasteiger partial charge in [-0.15, -0.1) is 0 Å². The second kappa shape index (κ2) is 4.56. The first-order chi connectivity index (χ1) is 8.51. The molecule has 18 heavy (non-hydrogen) atoms. The first-order valence-corrected chi connectivity index (χ1v) is 6.18. The summed E-state index contributed by atoms with van der Waals surface area (Å²) < 4.78 is 5.35. The van der Waals surface area contributed by atoms with Crippen LogP contribution in [0.3, 0.4) is 0 Å². The fourth-order valence-corrected chi connectivity index (χ4v) is 2.64. The second-order valence-corrected chi connectivity index (χ2v) is 5.25. The Hall–Kier alpha value is -1.64. The summed E-state index contributed by atoms with van der Waals surface area (Å²) in [6.45, 7) is 3.82. The van der Waals surface area contributed by atoms with Crippen molar-refractivity contribution in [3.8, 4) is 5.75 Å². The summed E-state index contributed by atoms with van der Waals surface area (Å²) in [6, 6.07) is 3.86. The molecule has 3 heteroatoms. The van der Waals surface area contributed by atoms with Gasteiger partial charge in [0.1, 0.15) is 12.0 Å². The van der Waals surface area contributed by atoms with Crippen molar-refractivity contribution < 1.29 is 14.3 Å². The van der Waals surface area contributed by atoms with Crippen LogP contribution in [0.4, 0.5) is 0 Å². The Morgan fingerprint density at radius 3 is 2.78 bits per heavy atom. The number of carbonyl (C=O) groups excluding carboxylic acids is 2. The summed E-state index contributed by atoms with van der Waals surface area (Å²) in [4.78, 5) is 23.3. The van der Waals surface area contributed by atoms with Crippen molar-refractivity contribution >= 4 is 12.1 Å².